The van der Waals surface area contributed by atoms with Crippen LogP contribution in [-0.2, 0) is 16.1 Å². The summed E-state index contributed by atoms with van der Waals surface area (Å²) in [6, 6.07) is 7.94. The van der Waals surface area contributed by atoms with Crippen LogP contribution in [0.4, 0.5) is 5.00 Å². The van der Waals surface area contributed by atoms with Crippen LogP contribution in [0, 0.1) is 0 Å². The number of carbonyl (C=O) groups excluding carboxylic acids is 3. The van der Waals surface area contributed by atoms with Crippen LogP contribution < -0.4 is 16.0 Å². The van der Waals surface area contributed by atoms with Crippen LogP contribution >= 0.6 is 11.3 Å². The van der Waals surface area contributed by atoms with Gasteiger partial charge < -0.3 is 20.7 Å². The molecular weight excluding hydrogens is 354 g/mol. The second kappa shape index (κ2) is 7.67. The van der Waals surface area contributed by atoms with Crippen molar-refractivity contribution >= 4 is 34.1 Å². The van der Waals surface area contributed by atoms with Crippen LogP contribution in [0.2, 0.25) is 0 Å². The van der Waals surface area contributed by atoms with Crippen molar-refractivity contribution in [2.45, 2.75) is 19.0 Å². The summed E-state index contributed by atoms with van der Waals surface area (Å²) in [6.07, 6.45) is 0.476. The van der Waals surface area contributed by atoms with E-state index in [2.05, 4.69) is 5.32 Å². The Kier molecular flexibility index (Phi) is 5.34. The maximum Gasteiger partial charge on any atom is 0.340 e. The maximum atomic E-state index is 12.7. The van der Waals surface area contributed by atoms with Crippen LogP contribution in [0.25, 0.3) is 0 Å². The van der Waals surface area contributed by atoms with Crippen LogP contribution in [0.15, 0.2) is 35.7 Å². The molecule has 1 aromatic heterocycles. The number of nitrogens with zero attached hydrogens (tertiary/aromatic N) is 1. The van der Waals surface area contributed by atoms with Gasteiger partial charge in [0.2, 0.25) is 5.91 Å². The summed E-state index contributed by atoms with van der Waals surface area (Å²) < 4.78 is 4.75. The minimum Gasteiger partial charge on any atom is -0.465 e. The molecule has 8 heteroatoms. The van der Waals surface area contributed by atoms with Crippen molar-refractivity contribution in [3.8, 4) is 0 Å². The van der Waals surface area contributed by atoms with E-state index in [1.54, 1.807) is 35.7 Å². The standard InChI is InChI=1S/C18H19N3O4S/c1-25-18(24)13-7-9-26-17(13)21-8-6-14(16(21)23)20-15(22)12-4-2-11(10-19)3-5-12/h2-5,7,9,14H,6,8,10,19H2,1H3,(H,20,22). The van der Waals surface area contributed by atoms with E-state index in [4.69, 9.17) is 10.5 Å². The zero-order valence-corrected chi connectivity index (χ0v) is 15.0. The number of rotatable bonds is 5. The van der Waals surface area contributed by atoms with Crippen molar-refractivity contribution in [1.29, 1.82) is 0 Å². The van der Waals surface area contributed by atoms with E-state index < -0.39 is 12.0 Å². The first-order chi connectivity index (χ1) is 12.5. The van der Waals surface area contributed by atoms with Crippen LogP contribution in [0.1, 0.15) is 32.7 Å². The summed E-state index contributed by atoms with van der Waals surface area (Å²) in [6.45, 7) is 0.835. The number of carbonyl (C=O) groups is 3. The fourth-order valence-corrected chi connectivity index (χ4v) is 3.74. The van der Waals surface area contributed by atoms with E-state index in [9.17, 15) is 14.4 Å². The number of anilines is 1. The molecule has 0 saturated carbocycles. The topological polar surface area (TPSA) is 102 Å². The van der Waals surface area contributed by atoms with E-state index in [1.165, 1.54) is 23.3 Å². The number of benzene rings is 1. The average Bonchev–Trinajstić information content (AvgIpc) is 3.28. The number of ether oxygens (including phenoxy) is 1. The molecule has 0 radical (unpaired) electrons. The van der Waals surface area contributed by atoms with Crippen molar-refractivity contribution < 1.29 is 19.1 Å². The van der Waals surface area contributed by atoms with Crippen molar-refractivity contribution in [3.63, 3.8) is 0 Å². The third-order valence-corrected chi connectivity index (χ3v) is 5.19. The number of esters is 1. The molecule has 0 spiro atoms. The Morgan fingerprint density at radius 2 is 2.04 bits per heavy atom. The minimum atomic E-state index is -0.621. The molecular formula is C18H19N3O4S. The molecule has 0 bridgehead atoms. The molecule has 2 amide bonds. The number of hydrogen-bond acceptors (Lipinski definition) is 6. The van der Waals surface area contributed by atoms with Gasteiger partial charge in [0.15, 0.2) is 0 Å². The fourth-order valence-electron chi connectivity index (χ4n) is 2.82. The normalized spacial score (nSPS) is 16.6. The largest absolute Gasteiger partial charge is 0.465 e. The summed E-state index contributed by atoms with van der Waals surface area (Å²) in [5.41, 5.74) is 7.31. The SMILES string of the molecule is COC(=O)c1ccsc1N1CCC(NC(=O)c2ccc(CN)cc2)C1=O. The van der Waals surface area contributed by atoms with Gasteiger partial charge in [0.05, 0.1) is 12.7 Å². The summed E-state index contributed by atoms with van der Waals surface area (Å²) in [4.78, 5) is 38.4. The van der Waals surface area contributed by atoms with E-state index in [-0.39, 0.29) is 11.8 Å². The summed E-state index contributed by atoms with van der Waals surface area (Å²) >= 11 is 1.30. The van der Waals surface area contributed by atoms with Gasteiger partial charge in [-0.3, -0.25) is 9.59 Å². The molecule has 1 aliphatic rings. The van der Waals surface area contributed by atoms with E-state index in [1.807, 2.05) is 0 Å². The summed E-state index contributed by atoms with van der Waals surface area (Å²) in [5, 5.41) is 5.05. The number of nitrogens with two attached hydrogens (primary N) is 1. The second-order valence-corrected chi connectivity index (χ2v) is 6.73. The Morgan fingerprint density at radius 1 is 1.31 bits per heavy atom. The maximum absolute atomic E-state index is 12.7. The molecule has 26 heavy (non-hydrogen) atoms. The van der Waals surface area contributed by atoms with Gasteiger partial charge in [-0.25, -0.2) is 4.79 Å². The van der Waals surface area contributed by atoms with Gasteiger partial charge in [0, 0.05) is 18.7 Å². The molecule has 1 atom stereocenters. The molecule has 0 aliphatic carbocycles. The lowest BCUT2D eigenvalue weighted by atomic mass is 10.1. The third-order valence-electron chi connectivity index (χ3n) is 4.26. The molecule has 1 fully saturated rings. The molecule has 3 rings (SSSR count). The third kappa shape index (κ3) is 3.47. The van der Waals surface area contributed by atoms with Crippen LogP contribution in [-0.4, -0.2) is 37.5 Å². The van der Waals surface area contributed by atoms with Gasteiger partial charge in [0.25, 0.3) is 5.91 Å². The molecule has 3 N–H and O–H groups in total. The Bertz CT molecular complexity index is 831. The lowest BCUT2D eigenvalue weighted by Gasteiger charge is -2.17. The average molecular weight is 373 g/mol. The molecule has 2 aromatic rings. The minimum absolute atomic E-state index is 0.232. The van der Waals surface area contributed by atoms with Gasteiger partial charge in [0.1, 0.15) is 11.0 Å². The number of methoxy groups -OCH3 is 1. The molecule has 1 aliphatic heterocycles. The van der Waals surface area contributed by atoms with Crippen molar-refractivity contribution in [2.75, 3.05) is 18.6 Å². The highest BCUT2D eigenvalue weighted by Crippen LogP contribution is 2.31. The zero-order valence-electron chi connectivity index (χ0n) is 14.2. The van der Waals surface area contributed by atoms with Gasteiger partial charge >= 0.3 is 5.97 Å². The van der Waals surface area contributed by atoms with Crippen molar-refractivity contribution in [3.05, 3.63) is 52.4 Å². The Labute approximate surface area is 154 Å². The first-order valence-electron chi connectivity index (χ1n) is 8.12. The summed E-state index contributed by atoms with van der Waals surface area (Å²) in [7, 11) is 1.30. The van der Waals surface area contributed by atoms with E-state index >= 15 is 0 Å². The Hall–Kier alpha value is -2.71. The quantitative estimate of drug-likeness (QED) is 0.774. The highest BCUT2D eigenvalue weighted by Gasteiger charge is 2.36. The fraction of sp³-hybridized carbons (Fsp3) is 0.278. The number of nitrogens with one attached hydrogen (secondary N) is 1. The lowest BCUT2D eigenvalue weighted by Crippen LogP contribution is -2.41. The molecule has 1 unspecified atom stereocenters. The van der Waals surface area contributed by atoms with Crippen LogP contribution in [0.5, 0.6) is 0 Å². The van der Waals surface area contributed by atoms with Gasteiger partial charge in [-0.2, -0.15) is 0 Å². The predicted molar refractivity (Wildman–Crippen MR) is 98.2 cm³/mol. The highest BCUT2D eigenvalue weighted by atomic mass is 32.1. The Balaban J connectivity index is 1.70. The summed E-state index contributed by atoms with van der Waals surface area (Å²) in [5.74, 6) is -1.03. The highest BCUT2D eigenvalue weighted by molar-refractivity contribution is 7.14. The monoisotopic (exact) mass is 373 g/mol. The van der Waals surface area contributed by atoms with Gasteiger partial charge in [-0.1, -0.05) is 12.1 Å². The smallest absolute Gasteiger partial charge is 0.340 e. The van der Waals surface area contributed by atoms with E-state index in [0.29, 0.717) is 35.6 Å². The van der Waals surface area contributed by atoms with Crippen LogP contribution in [0.3, 0.4) is 0 Å². The molecule has 2 heterocycles. The molecule has 7 nitrogen and oxygen atoms in total. The molecule has 1 aromatic carbocycles. The first kappa shape index (κ1) is 18.1. The first-order valence-corrected chi connectivity index (χ1v) is 9.00. The lowest BCUT2D eigenvalue weighted by molar-refractivity contribution is -0.118. The number of thiophene rings is 1. The van der Waals surface area contributed by atoms with Gasteiger partial charge in [-0.15, -0.1) is 11.3 Å². The Morgan fingerprint density at radius 3 is 2.69 bits per heavy atom. The second-order valence-electron chi connectivity index (χ2n) is 5.84. The zero-order chi connectivity index (χ0) is 18.7. The number of amides is 2. The number of hydrogen-bond donors (Lipinski definition) is 2. The van der Waals surface area contributed by atoms with Gasteiger partial charge in [-0.05, 0) is 35.6 Å². The van der Waals surface area contributed by atoms with Crippen molar-refractivity contribution in [1.82, 2.24) is 5.32 Å². The molecule has 1 saturated heterocycles. The predicted octanol–water partition coefficient (Wildman–Crippen LogP) is 1.53. The molecule has 136 valence electrons. The van der Waals surface area contributed by atoms with E-state index in [0.717, 1.165) is 5.56 Å². The van der Waals surface area contributed by atoms with Crippen molar-refractivity contribution in [2.24, 2.45) is 5.73 Å².